The molecule has 0 aliphatic carbocycles. The van der Waals surface area contributed by atoms with E-state index in [1.807, 2.05) is 48.5 Å². The van der Waals surface area contributed by atoms with Crippen LogP contribution >= 0.6 is 0 Å². The Kier molecular flexibility index (Phi) is 3.68. The van der Waals surface area contributed by atoms with Crippen molar-refractivity contribution in [2.24, 2.45) is 0 Å². The maximum atomic E-state index is 12.0. The number of fused-ring (bicyclic) bond motifs is 1. The molecular weight excluding hydrogens is 250 g/mol. The molecule has 1 heterocycles. The maximum absolute atomic E-state index is 12.0. The molecule has 0 atom stereocenters. The molecule has 2 aromatic carbocycles. The number of carbonyl (C=O) groups excluding carboxylic acids is 1. The quantitative estimate of drug-likeness (QED) is 0.924. The average molecular weight is 267 g/mol. The van der Waals surface area contributed by atoms with E-state index < -0.39 is 0 Å². The Morgan fingerprint density at radius 1 is 1.10 bits per heavy atom. The van der Waals surface area contributed by atoms with Crippen molar-refractivity contribution in [3.05, 3.63) is 59.7 Å². The summed E-state index contributed by atoms with van der Waals surface area (Å²) >= 11 is 0. The zero-order chi connectivity index (χ0) is 13.8. The van der Waals surface area contributed by atoms with Gasteiger partial charge in [-0.15, -0.1) is 0 Å². The molecule has 0 saturated carbocycles. The van der Waals surface area contributed by atoms with E-state index in [9.17, 15) is 4.79 Å². The summed E-state index contributed by atoms with van der Waals surface area (Å²) in [6, 6.07) is 15.9. The van der Waals surface area contributed by atoms with Crippen molar-refractivity contribution in [2.45, 2.75) is 19.3 Å². The first-order chi connectivity index (χ1) is 9.83. The van der Waals surface area contributed by atoms with Gasteiger partial charge in [-0.1, -0.05) is 42.5 Å². The van der Waals surface area contributed by atoms with Crippen LogP contribution in [-0.2, 0) is 17.6 Å². The van der Waals surface area contributed by atoms with Crippen molar-refractivity contribution >= 4 is 11.6 Å². The topological polar surface area (TPSA) is 38.3 Å². The van der Waals surface area contributed by atoms with Gasteiger partial charge in [0.2, 0.25) is 5.91 Å². The molecule has 0 bridgehead atoms. The number of aryl methyl sites for hydroxylation is 1. The van der Waals surface area contributed by atoms with E-state index in [2.05, 4.69) is 5.32 Å². The maximum Gasteiger partial charge on any atom is 0.224 e. The third kappa shape index (κ3) is 2.82. The number of hydrogen-bond donors (Lipinski definition) is 1. The van der Waals surface area contributed by atoms with Crippen LogP contribution in [0.4, 0.5) is 5.69 Å². The van der Waals surface area contributed by atoms with Crippen molar-refractivity contribution < 1.29 is 9.53 Å². The minimum Gasteiger partial charge on any atom is -0.491 e. The van der Waals surface area contributed by atoms with E-state index >= 15 is 0 Å². The first-order valence-electron chi connectivity index (χ1n) is 6.91. The highest BCUT2D eigenvalue weighted by molar-refractivity contribution is 5.92. The summed E-state index contributed by atoms with van der Waals surface area (Å²) in [4.78, 5) is 12.0. The Bertz CT molecular complexity index is 608. The molecule has 2 aromatic rings. The van der Waals surface area contributed by atoms with E-state index in [1.54, 1.807) is 0 Å². The number of amides is 1. The van der Waals surface area contributed by atoms with Crippen LogP contribution in [0, 0.1) is 0 Å². The molecule has 3 rings (SSSR count). The number of nitrogens with one attached hydrogen (secondary N) is 1. The van der Waals surface area contributed by atoms with Gasteiger partial charge in [-0.25, -0.2) is 0 Å². The summed E-state index contributed by atoms with van der Waals surface area (Å²) in [6.45, 7) is 0.701. The lowest BCUT2D eigenvalue weighted by Crippen LogP contribution is -2.13. The molecule has 20 heavy (non-hydrogen) atoms. The molecule has 1 aliphatic rings. The van der Waals surface area contributed by atoms with Gasteiger partial charge in [0.25, 0.3) is 0 Å². The lowest BCUT2D eigenvalue weighted by atomic mass is 10.1. The van der Waals surface area contributed by atoms with Crippen LogP contribution in [0.25, 0.3) is 0 Å². The molecule has 3 heteroatoms. The smallest absolute Gasteiger partial charge is 0.224 e. The summed E-state index contributed by atoms with van der Waals surface area (Å²) in [5.74, 6) is 0.860. The van der Waals surface area contributed by atoms with Gasteiger partial charge in [0.15, 0.2) is 0 Å². The van der Waals surface area contributed by atoms with Gasteiger partial charge in [0.05, 0.1) is 12.3 Å². The normalized spacial score (nSPS) is 12.6. The Hall–Kier alpha value is -2.29. The van der Waals surface area contributed by atoms with E-state index in [0.29, 0.717) is 13.0 Å². The standard InChI is InChI=1S/C17H17NO2/c19-16(10-9-13-5-2-1-3-6-13)18-15-8-4-7-14-11-12-20-17(14)15/h1-8H,9-12H2,(H,18,19). The van der Waals surface area contributed by atoms with Crippen molar-refractivity contribution in [1.82, 2.24) is 0 Å². The number of benzene rings is 2. The fourth-order valence-corrected chi connectivity index (χ4v) is 2.43. The molecule has 0 radical (unpaired) electrons. The molecule has 0 aromatic heterocycles. The predicted molar refractivity (Wildman–Crippen MR) is 79.0 cm³/mol. The molecule has 0 unspecified atom stereocenters. The average Bonchev–Trinajstić information content (AvgIpc) is 2.96. The van der Waals surface area contributed by atoms with Gasteiger partial charge in [-0.05, 0) is 23.6 Å². The minimum absolute atomic E-state index is 0.0257. The van der Waals surface area contributed by atoms with Crippen LogP contribution in [0.2, 0.25) is 0 Å². The number of ether oxygens (including phenoxy) is 1. The largest absolute Gasteiger partial charge is 0.491 e. The van der Waals surface area contributed by atoms with Crippen LogP contribution in [-0.4, -0.2) is 12.5 Å². The second-order valence-electron chi connectivity index (χ2n) is 4.93. The molecule has 3 nitrogen and oxygen atoms in total. The van der Waals surface area contributed by atoms with E-state index in [0.717, 1.165) is 24.3 Å². The predicted octanol–water partition coefficient (Wildman–Crippen LogP) is 3.19. The molecule has 0 fully saturated rings. The number of hydrogen-bond acceptors (Lipinski definition) is 2. The lowest BCUT2D eigenvalue weighted by molar-refractivity contribution is -0.116. The Labute approximate surface area is 118 Å². The van der Waals surface area contributed by atoms with Gasteiger partial charge < -0.3 is 10.1 Å². The lowest BCUT2D eigenvalue weighted by Gasteiger charge is -2.09. The fourth-order valence-electron chi connectivity index (χ4n) is 2.43. The van der Waals surface area contributed by atoms with Crippen LogP contribution in [0.15, 0.2) is 48.5 Å². The Morgan fingerprint density at radius 2 is 1.95 bits per heavy atom. The van der Waals surface area contributed by atoms with Crippen LogP contribution in [0.3, 0.4) is 0 Å². The summed E-state index contributed by atoms with van der Waals surface area (Å²) in [6.07, 6.45) is 2.15. The molecular formula is C17H17NO2. The molecule has 1 aliphatic heterocycles. The molecule has 102 valence electrons. The second kappa shape index (κ2) is 5.78. The summed E-state index contributed by atoms with van der Waals surface area (Å²) in [5, 5.41) is 2.95. The molecule has 0 spiro atoms. The molecule has 1 N–H and O–H groups in total. The van der Waals surface area contributed by atoms with E-state index in [1.165, 1.54) is 11.1 Å². The summed E-state index contributed by atoms with van der Waals surface area (Å²) in [7, 11) is 0. The van der Waals surface area contributed by atoms with Crippen LogP contribution in [0.5, 0.6) is 5.75 Å². The van der Waals surface area contributed by atoms with Crippen LogP contribution in [0.1, 0.15) is 17.5 Å². The first-order valence-corrected chi connectivity index (χ1v) is 6.91. The van der Waals surface area contributed by atoms with Crippen molar-refractivity contribution in [1.29, 1.82) is 0 Å². The zero-order valence-electron chi connectivity index (χ0n) is 11.3. The first kappa shape index (κ1) is 12.7. The van der Waals surface area contributed by atoms with Crippen molar-refractivity contribution in [3.8, 4) is 5.75 Å². The number of rotatable bonds is 4. The van der Waals surface area contributed by atoms with Gasteiger partial charge in [-0.2, -0.15) is 0 Å². The SMILES string of the molecule is O=C(CCc1ccccc1)Nc1cccc2c1OCC2. The van der Waals surface area contributed by atoms with Gasteiger partial charge >= 0.3 is 0 Å². The summed E-state index contributed by atoms with van der Waals surface area (Å²) in [5.41, 5.74) is 3.14. The number of anilines is 1. The van der Waals surface area contributed by atoms with E-state index in [-0.39, 0.29) is 5.91 Å². The minimum atomic E-state index is 0.0257. The van der Waals surface area contributed by atoms with Crippen LogP contribution < -0.4 is 10.1 Å². The highest BCUT2D eigenvalue weighted by Crippen LogP contribution is 2.33. The third-order valence-corrected chi connectivity index (χ3v) is 3.47. The number of carbonyl (C=O) groups is 1. The molecule has 1 amide bonds. The molecule has 0 saturated heterocycles. The van der Waals surface area contributed by atoms with Gasteiger partial charge in [-0.3, -0.25) is 4.79 Å². The Balaban J connectivity index is 1.61. The van der Waals surface area contributed by atoms with Gasteiger partial charge in [0.1, 0.15) is 5.75 Å². The van der Waals surface area contributed by atoms with Crippen molar-refractivity contribution in [3.63, 3.8) is 0 Å². The monoisotopic (exact) mass is 267 g/mol. The highest BCUT2D eigenvalue weighted by atomic mass is 16.5. The zero-order valence-corrected chi connectivity index (χ0v) is 11.3. The van der Waals surface area contributed by atoms with Crippen molar-refractivity contribution in [2.75, 3.05) is 11.9 Å². The Morgan fingerprint density at radius 3 is 2.80 bits per heavy atom. The number of para-hydroxylation sites is 1. The fraction of sp³-hybridized carbons (Fsp3) is 0.235. The second-order valence-corrected chi connectivity index (χ2v) is 4.93. The van der Waals surface area contributed by atoms with E-state index in [4.69, 9.17) is 4.74 Å². The van der Waals surface area contributed by atoms with Gasteiger partial charge in [0, 0.05) is 12.8 Å². The summed E-state index contributed by atoms with van der Waals surface area (Å²) < 4.78 is 5.58. The highest BCUT2D eigenvalue weighted by Gasteiger charge is 2.17. The third-order valence-electron chi connectivity index (χ3n) is 3.47.